The normalized spacial score (nSPS) is 13.6. The van der Waals surface area contributed by atoms with Gasteiger partial charge in [0.15, 0.2) is 0 Å². The molecule has 0 spiro atoms. The minimum Gasteiger partial charge on any atom is -0.314 e. The molecule has 0 saturated heterocycles. The molecule has 0 saturated carbocycles. The third kappa shape index (κ3) is 3.18. The molecule has 1 aromatic rings. The number of rotatable bonds is 6. The third-order valence-electron chi connectivity index (χ3n) is 2.59. The predicted molar refractivity (Wildman–Crippen MR) is 68.9 cm³/mol. The van der Waals surface area contributed by atoms with Crippen LogP contribution in [0.3, 0.4) is 0 Å². The van der Waals surface area contributed by atoms with Gasteiger partial charge in [-0.25, -0.2) is 4.39 Å². The molecule has 4 nitrogen and oxygen atoms in total. The van der Waals surface area contributed by atoms with Crippen LogP contribution in [0, 0.1) is 12.7 Å². The van der Waals surface area contributed by atoms with E-state index in [2.05, 4.69) is 0 Å². The molecule has 0 fully saturated rings. The third-order valence-corrected chi connectivity index (χ3v) is 4.78. The van der Waals surface area contributed by atoms with Gasteiger partial charge in [-0.1, -0.05) is 12.1 Å². The summed E-state index contributed by atoms with van der Waals surface area (Å²) in [6, 6.07) is 4.49. The first-order valence-corrected chi connectivity index (χ1v) is 7.46. The molecule has 102 valence electrons. The van der Waals surface area contributed by atoms with E-state index in [0.29, 0.717) is 11.1 Å². The Kier molecular flexibility index (Phi) is 5.47. The summed E-state index contributed by atoms with van der Waals surface area (Å²) < 4.78 is 36.3. The van der Waals surface area contributed by atoms with Gasteiger partial charge >= 0.3 is 7.60 Å². The van der Waals surface area contributed by atoms with Crippen molar-refractivity contribution in [1.82, 2.24) is 0 Å². The maximum Gasteiger partial charge on any atom is 0.351 e. The zero-order valence-corrected chi connectivity index (χ0v) is 11.7. The molecule has 1 atom stereocenters. The summed E-state index contributed by atoms with van der Waals surface area (Å²) >= 11 is 0. The van der Waals surface area contributed by atoms with E-state index in [1.54, 1.807) is 26.8 Å². The molecule has 0 aliphatic carbocycles. The highest BCUT2D eigenvalue weighted by Gasteiger charge is 2.35. The van der Waals surface area contributed by atoms with Crippen molar-refractivity contribution in [2.24, 2.45) is 5.73 Å². The summed E-state index contributed by atoms with van der Waals surface area (Å²) in [6.07, 6.45) is 0. The molecule has 0 unspecified atom stereocenters. The van der Waals surface area contributed by atoms with E-state index in [1.807, 2.05) is 0 Å². The van der Waals surface area contributed by atoms with Crippen LogP contribution in [0.5, 0.6) is 0 Å². The summed E-state index contributed by atoms with van der Waals surface area (Å²) in [6.45, 7) is 5.44. The van der Waals surface area contributed by atoms with E-state index in [-0.39, 0.29) is 19.0 Å². The quantitative estimate of drug-likeness (QED) is 0.809. The minimum absolute atomic E-state index is 0.222. The first-order valence-electron chi connectivity index (χ1n) is 5.85. The van der Waals surface area contributed by atoms with E-state index >= 15 is 0 Å². The lowest BCUT2D eigenvalue weighted by molar-refractivity contribution is 0.212. The smallest absolute Gasteiger partial charge is 0.314 e. The van der Waals surface area contributed by atoms with Crippen molar-refractivity contribution in [2.75, 3.05) is 13.2 Å². The highest BCUT2D eigenvalue weighted by Crippen LogP contribution is 2.58. The highest BCUT2D eigenvalue weighted by atomic mass is 31.2. The van der Waals surface area contributed by atoms with Crippen molar-refractivity contribution < 1.29 is 18.0 Å². The number of hydrogen-bond donors (Lipinski definition) is 1. The van der Waals surface area contributed by atoms with Crippen LogP contribution >= 0.6 is 7.60 Å². The summed E-state index contributed by atoms with van der Waals surface area (Å²) in [5, 5.41) is 0. The van der Waals surface area contributed by atoms with Gasteiger partial charge in [-0.15, -0.1) is 0 Å². The van der Waals surface area contributed by atoms with Gasteiger partial charge in [-0.05, 0) is 38.0 Å². The molecular formula is C12H19FNO3P. The van der Waals surface area contributed by atoms with Crippen molar-refractivity contribution in [2.45, 2.75) is 26.6 Å². The number of benzene rings is 1. The molecule has 0 amide bonds. The van der Waals surface area contributed by atoms with Crippen molar-refractivity contribution in [3.05, 3.63) is 35.1 Å². The topological polar surface area (TPSA) is 61.5 Å². The van der Waals surface area contributed by atoms with E-state index < -0.39 is 13.4 Å². The van der Waals surface area contributed by atoms with Crippen LogP contribution < -0.4 is 5.73 Å². The fourth-order valence-electron chi connectivity index (χ4n) is 1.67. The minimum atomic E-state index is -3.47. The first-order chi connectivity index (χ1) is 8.46. The zero-order chi connectivity index (χ0) is 13.8. The number of nitrogens with two attached hydrogens (primary N) is 1. The van der Waals surface area contributed by atoms with Gasteiger partial charge in [0, 0.05) is 0 Å². The van der Waals surface area contributed by atoms with Crippen LogP contribution in [0.4, 0.5) is 4.39 Å². The molecule has 1 rings (SSSR count). The van der Waals surface area contributed by atoms with E-state index in [4.69, 9.17) is 14.8 Å². The Hall–Kier alpha value is -0.740. The van der Waals surface area contributed by atoms with Gasteiger partial charge in [0.05, 0.1) is 13.2 Å². The molecule has 2 N–H and O–H groups in total. The fourth-order valence-corrected chi connectivity index (χ4v) is 3.41. The molecule has 18 heavy (non-hydrogen) atoms. The van der Waals surface area contributed by atoms with Crippen molar-refractivity contribution >= 4 is 7.60 Å². The largest absolute Gasteiger partial charge is 0.351 e. The van der Waals surface area contributed by atoms with Crippen LogP contribution in [0.25, 0.3) is 0 Å². The summed E-state index contributed by atoms with van der Waals surface area (Å²) in [5.41, 5.74) is 6.75. The standard InChI is InChI=1S/C12H19FNO3P/c1-4-16-18(15,17-5-2)12(14)10-7-6-8-11(13)9(10)3/h6-8,12H,4-5,14H2,1-3H3/t12-/m1/s1. The summed E-state index contributed by atoms with van der Waals surface area (Å²) in [4.78, 5) is 0. The average molecular weight is 275 g/mol. The Morgan fingerprint density at radius 1 is 1.33 bits per heavy atom. The molecule has 0 radical (unpaired) electrons. The number of hydrogen-bond acceptors (Lipinski definition) is 4. The van der Waals surface area contributed by atoms with Gasteiger partial charge < -0.3 is 14.8 Å². The van der Waals surface area contributed by atoms with Crippen LogP contribution in [-0.4, -0.2) is 13.2 Å². The number of halogens is 1. The Morgan fingerprint density at radius 2 is 1.89 bits per heavy atom. The first kappa shape index (κ1) is 15.3. The molecule has 0 aliphatic rings. The molecular weight excluding hydrogens is 256 g/mol. The van der Waals surface area contributed by atoms with Crippen molar-refractivity contribution in [1.29, 1.82) is 0 Å². The average Bonchev–Trinajstić information content (AvgIpc) is 2.32. The molecule has 0 heterocycles. The second kappa shape index (κ2) is 6.43. The molecule has 1 aromatic carbocycles. The van der Waals surface area contributed by atoms with Gasteiger partial charge in [0.1, 0.15) is 11.6 Å². The van der Waals surface area contributed by atoms with Crippen LogP contribution in [0.15, 0.2) is 18.2 Å². The second-order valence-corrected chi connectivity index (χ2v) is 5.93. The van der Waals surface area contributed by atoms with Gasteiger partial charge in [-0.3, -0.25) is 4.57 Å². The SMILES string of the molecule is CCOP(=O)(OCC)[C@@H](N)c1cccc(F)c1C. The predicted octanol–water partition coefficient (Wildman–Crippen LogP) is 3.36. The van der Waals surface area contributed by atoms with Gasteiger partial charge in [0.25, 0.3) is 0 Å². The molecule has 0 aromatic heterocycles. The lowest BCUT2D eigenvalue weighted by Crippen LogP contribution is -2.16. The monoisotopic (exact) mass is 275 g/mol. The molecule has 0 bridgehead atoms. The van der Waals surface area contributed by atoms with Crippen LogP contribution in [0.2, 0.25) is 0 Å². The second-order valence-electron chi connectivity index (χ2n) is 3.77. The Bertz CT molecular complexity index is 443. The molecule has 0 aliphatic heterocycles. The van der Waals surface area contributed by atoms with Crippen LogP contribution in [-0.2, 0) is 13.6 Å². The summed E-state index contributed by atoms with van der Waals surface area (Å²) in [7, 11) is -3.47. The van der Waals surface area contributed by atoms with E-state index in [0.717, 1.165) is 0 Å². The molecule has 6 heteroatoms. The highest BCUT2D eigenvalue weighted by molar-refractivity contribution is 7.54. The maximum absolute atomic E-state index is 13.5. The lowest BCUT2D eigenvalue weighted by Gasteiger charge is -2.24. The Morgan fingerprint density at radius 3 is 2.39 bits per heavy atom. The van der Waals surface area contributed by atoms with E-state index in [9.17, 15) is 8.96 Å². The van der Waals surface area contributed by atoms with Crippen molar-refractivity contribution in [3.63, 3.8) is 0 Å². The maximum atomic E-state index is 13.5. The lowest BCUT2D eigenvalue weighted by atomic mass is 10.1. The van der Waals surface area contributed by atoms with E-state index in [1.165, 1.54) is 12.1 Å². The van der Waals surface area contributed by atoms with Gasteiger partial charge in [0.2, 0.25) is 0 Å². The van der Waals surface area contributed by atoms with Gasteiger partial charge in [-0.2, -0.15) is 0 Å². The zero-order valence-electron chi connectivity index (χ0n) is 10.9. The summed E-state index contributed by atoms with van der Waals surface area (Å²) in [5.74, 6) is -1.37. The van der Waals surface area contributed by atoms with Crippen LogP contribution in [0.1, 0.15) is 30.8 Å². The van der Waals surface area contributed by atoms with Crippen molar-refractivity contribution in [3.8, 4) is 0 Å². The Labute approximate surface area is 107 Å². The Balaban J connectivity index is 3.13. The fraction of sp³-hybridized carbons (Fsp3) is 0.500.